The van der Waals surface area contributed by atoms with E-state index in [1.807, 2.05) is 20.8 Å². The van der Waals surface area contributed by atoms with E-state index in [0.717, 1.165) is 30.4 Å². The highest BCUT2D eigenvalue weighted by Crippen LogP contribution is 2.48. The monoisotopic (exact) mass is 509 g/mol. The highest BCUT2D eigenvalue weighted by molar-refractivity contribution is 7.47. The molecule has 0 aliphatic heterocycles. The van der Waals surface area contributed by atoms with Gasteiger partial charge in [-0.1, -0.05) is 44.1 Å². The number of carbonyl (C=O) groups is 1. The number of rotatable bonds is 12. The minimum absolute atomic E-state index is 0.0397. The van der Waals surface area contributed by atoms with Crippen molar-refractivity contribution in [3.63, 3.8) is 0 Å². The van der Waals surface area contributed by atoms with Crippen molar-refractivity contribution in [3.05, 3.63) is 47.1 Å². The van der Waals surface area contributed by atoms with Gasteiger partial charge in [0.05, 0.1) is 6.10 Å². The number of hydrogen-bond donors (Lipinski definition) is 3. The van der Waals surface area contributed by atoms with E-state index in [9.17, 15) is 19.4 Å². The SMILES string of the molecule is C=C(C)[C@@H]1CCC(C)=C[C@H]1c1c(O)cc(CCC)cc1OC(=O)C(NCC)OP(=O)(O)OC(C)C. The third-order valence-electron chi connectivity index (χ3n) is 5.83. The molecule has 35 heavy (non-hydrogen) atoms. The Bertz CT molecular complexity index is 988. The lowest BCUT2D eigenvalue weighted by atomic mass is 9.73. The van der Waals surface area contributed by atoms with Crippen molar-refractivity contribution < 1.29 is 33.1 Å². The lowest BCUT2D eigenvalue weighted by Crippen LogP contribution is -2.41. The number of phosphoric acid groups is 1. The van der Waals surface area contributed by atoms with Gasteiger partial charge in [-0.2, -0.15) is 0 Å². The van der Waals surface area contributed by atoms with Gasteiger partial charge in [-0.3, -0.25) is 14.4 Å². The first-order valence-corrected chi connectivity index (χ1v) is 13.7. The molecule has 1 aliphatic carbocycles. The zero-order valence-electron chi connectivity index (χ0n) is 21.7. The summed E-state index contributed by atoms with van der Waals surface area (Å²) in [5.74, 6) is -0.836. The van der Waals surface area contributed by atoms with Gasteiger partial charge in [0.25, 0.3) is 0 Å². The van der Waals surface area contributed by atoms with E-state index >= 15 is 0 Å². The molecule has 196 valence electrons. The zero-order chi connectivity index (χ0) is 26.3. The fourth-order valence-electron chi connectivity index (χ4n) is 4.36. The van der Waals surface area contributed by atoms with Gasteiger partial charge < -0.3 is 14.7 Å². The maximum atomic E-state index is 13.1. The van der Waals surface area contributed by atoms with Crippen molar-refractivity contribution in [1.29, 1.82) is 0 Å². The van der Waals surface area contributed by atoms with Crippen molar-refractivity contribution in [2.45, 2.75) is 85.5 Å². The number of nitrogens with one attached hydrogen (secondary N) is 1. The first-order valence-electron chi connectivity index (χ1n) is 12.2. The molecule has 0 spiro atoms. The summed E-state index contributed by atoms with van der Waals surface area (Å²) in [6.07, 6.45) is 3.28. The molecule has 0 aromatic heterocycles. The number of phenols is 1. The van der Waals surface area contributed by atoms with Crippen LogP contribution in [0.5, 0.6) is 11.5 Å². The topological polar surface area (TPSA) is 114 Å². The van der Waals surface area contributed by atoms with Crippen molar-refractivity contribution >= 4 is 13.8 Å². The second-order valence-corrected chi connectivity index (χ2v) is 10.8. The lowest BCUT2D eigenvalue weighted by Gasteiger charge is -2.32. The summed E-state index contributed by atoms with van der Waals surface area (Å²) >= 11 is 0. The van der Waals surface area contributed by atoms with Crippen LogP contribution in [-0.4, -0.2) is 34.8 Å². The Labute approximate surface area is 209 Å². The van der Waals surface area contributed by atoms with Crippen molar-refractivity contribution in [3.8, 4) is 11.5 Å². The molecule has 0 bridgehead atoms. The van der Waals surface area contributed by atoms with Crippen LogP contribution in [0.15, 0.2) is 35.9 Å². The number of carbonyl (C=O) groups excluding carboxylic acids is 1. The standard InChI is InChI=1S/C26H40NO7P/c1-8-10-19-14-22(28)24(21-13-18(7)11-12-20(21)16(3)4)23(15-19)32-26(29)25(27-9-2)34-35(30,31)33-17(5)6/h13-15,17,20-21,25,27-28H,3,8-12H2,1-2,4-7H3,(H,30,31)/t20-,21+,25?/m0/s1. The van der Waals surface area contributed by atoms with Crippen LogP contribution in [0.4, 0.5) is 0 Å². The number of benzene rings is 1. The minimum atomic E-state index is -4.53. The number of aromatic hydroxyl groups is 1. The van der Waals surface area contributed by atoms with Gasteiger partial charge in [-0.05, 0) is 77.1 Å². The summed E-state index contributed by atoms with van der Waals surface area (Å²) in [7, 11) is -4.53. The van der Waals surface area contributed by atoms with E-state index in [-0.39, 0.29) is 29.9 Å². The maximum Gasteiger partial charge on any atom is 0.474 e. The summed E-state index contributed by atoms with van der Waals surface area (Å²) in [4.78, 5) is 23.2. The van der Waals surface area contributed by atoms with Gasteiger partial charge in [-0.15, -0.1) is 0 Å². The Balaban J connectivity index is 2.50. The Morgan fingerprint density at radius 3 is 2.54 bits per heavy atom. The van der Waals surface area contributed by atoms with E-state index in [1.165, 1.54) is 5.57 Å². The number of likely N-dealkylation sites (N-methyl/N-ethyl adjacent to an activating group) is 1. The first kappa shape index (κ1) is 29.3. The summed E-state index contributed by atoms with van der Waals surface area (Å²) in [6.45, 7) is 15.3. The lowest BCUT2D eigenvalue weighted by molar-refractivity contribution is -0.145. The molecule has 0 saturated heterocycles. The number of esters is 1. The average Bonchev–Trinajstić information content (AvgIpc) is 2.72. The largest absolute Gasteiger partial charge is 0.507 e. The quantitative estimate of drug-likeness (QED) is 0.107. The summed E-state index contributed by atoms with van der Waals surface area (Å²) in [5.41, 5.74) is 3.47. The fraction of sp³-hybridized carbons (Fsp3) is 0.577. The van der Waals surface area contributed by atoms with Gasteiger partial charge in [0, 0.05) is 11.5 Å². The van der Waals surface area contributed by atoms with Crippen LogP contribution in [0, 0.1) is 5.92 Å². The fourth-order valence-corrected chi connectivity index (χ4v) is 5.37. The Hall–Kier alpha value is -1.96. The van der Waals surface area contributed by atoms with Crippen LogP contribution in [0.2, 0.25) is 0 Å². The van der Waals surface area contributed by atoms with Crippen molar-refractivity contribution in [1.82, 2.24) is 5.32 Å². The number of ether oxygens (including phenoxy) is 1. The van der Waals surface area contributed by atoms with Crippen LogP contribution in [-0.2, 0) is 24.8 Å². The van der Waals surface area contributed by atoms with Gasteiger partial charge in [0.2, 0.25) is 6.23 Å². The van der Waals surface area contributed by atoms with E-state index in [1.54, 1.807) is 32.9 Å². The number of allylic oxidation sites excluding steroid dienone is 3. The molecule has 0 amide bonds. The molecule has 2 unspecified atom stereocenters. The Morgan fingerprint density at radius 1 is 1.29 bits per heavy atom. The first-order chi connectivity index (χ1) is 16.4. The second-order valence-electron chi connectivity index (χ2n) is 9.39. The highest BCUT2D eigenvalue weighted by Gasteiger charge is 2.35. The number of phosphoric ester groups is 1. The molecule has 1 aromatic rings. The van der Waals surface area contributed by atoms with Gasteiger partial charge >= 0.3 is 13.8 Å². The van der Waals surface area contributed by atoms with Gasteiger partial charge in [0.15, 0.2) is 0 Å². The van der Waals surface area contributed by atoms with Crippen LogP contribution in [0.1, 0.15) is 77.8 Å². The van der Waals surface area contributed by atoms with Crippen LogP contribution in [0.25, 0.3) is 0 Å². The van der Waals surface area contributed by atoms with Crippen LogP contribution in [0.3, 0.4) is 0 Å². The van der Waals surface area contributed by atoms with Crippen molar-refractivity contribution in [2.75, 3.05) is 6.54 Å². The molecule has 0 radical (unpaired) electrons. The molecular weight excluding hydrogens is 469 g/mol. The molecule has 1 aromatic carbocycles. The van der Waals surface area contributed by atoms with Crippen LogP contribution < -0.4 is 10.1 Å². The third-order valence-corrected chi connectivity index (χ3v) is 6.99. The van der Waals surface area contributed by atoms with E-state index in [0.29, 0.717) is 12.0 Å². The predicted octanol–water partition coefficient (Wildman–Crippen LogP) is 5.74. The number of hydrogen-bond acceptors (Lipinski definition) is 7. The maximum absolute atomic E-state index is 13.1. The second kappa shape index (κ2) is 12.8. The molecule has 0 heterocycles. The Kier molecular flexibility index (Phi) is 10.7. The van der Waals surface area contributed by atoms with E-state index in [4.69, 9.17) is 13.8 Å². The molecule has 9 heteroatoms. The smallest absolute Gasteiger partial charge is 0.474 e. The molecule has 4 atom stereocenters. The van der Waals surface area contributed by atoms with E-state index < -0.39 is 26.1 Å². The van der Waals surface area contributed by atoms with E-state index in [2.05, 4.69) is 18.0 Å². The van der Waals surface area contributed by atoms with Gasteiger partial charge in [-0.25, -0.2) is 9.36 Å². The third kappa shape index (κ3) is 8.29. The average molecular weight is 510 g/mol. The molecule has 0 fully saturated rings. The molecular formula is C26H40NO7P. The summed E-state index contributed by atoms with van der Waals surface area (Å²) in [6, 6.07) is 3.45. The van der Waals surface area contributed by atoms with Crippen LogP contribution >= 0.6 is 7.82 Å². The Morgan fingerprint density at radius 2 is 1.97 bits per heavy atom. The minimum Gasteiger partial charge on any atom is -0.507 e. The van der Waals surface area contributed by atoms with Gasteiger partial charge in [0.1, 0.15) is 11.5 Å². The molecule has 2 rings (SSSR count). The molecule has 8 nitrogen and oxygen atoms in total. The predicted molar refractivity (Wildman–Crippen MR) is 136 cm³/mol. The highest BCUT2D eigenvalue weighted by atomic mass is 31.2. The molecule has 1 aliphatic rings. The number of aryl methyl sites for hydroxylation is 1. The normalized spacial score (nSPS) is 20.7. The number of phenolic OH excluding ortho intramolecular Hbond substituents is 1. The summed E-state index contributed by atoms with van der Waals surface area (Å²) in [5, 5.41) is 13.8. The zero-order valence-corrected chi connectivity index (χ0v) is 22.6. The molecule has 0 saturated carbocycles. The van der Waals surface area contributed by atoms with Crippen molar-refractivity contribution in [2.24, 2.45) is 5.92 Å². The molecule has 3 N–H and O–H groups in total. The summed E-state index contributed by atoms with van der Waals surface area (Å²) < 4.78 is 28.1.